The van der Waals surface area contributed by atoms with Gasteiger partial charge >= 0.3 is 0 Å². The molecule has 1 amide bonds. The Balaban J connectivity index is 1.26. The summed E-state index contributed by atoms with van der Waals surface area (Å²) in [5.41, 5.74) is 3.56. The van der Waals surface area contributed by atoms with E-state index in [2.05, 4.69) is 32.7 Å². The van der Waals surface area contributed by atoms with E-state index in [1.54, 1.807) is 0 Å². The van der Waals surface area contributed by atoms with Gasteiger partial charge in [0, 0.05) is 18.7 Å². The van der Waals surface area contributed by atoms with Crippen molar-refractivity contribution in [3.8, 4) is 0 Å². The van der Waals surface area contributed by atoms with E-state index in [9.17, 15) is 4.79 Å². The molecule has 1 aromatic carbocycles. The van der Waals surface area contributed by atoms with Crippen LogP contribution in [0.4, 0.5) is 5.69 Å². The van der Waals surface area contributed by atoms with Crippen LogP contribution in [0, 0.1) is 37.0 Å². The molecule has 1 aromatic heterocycles. The fourth-order valence-corrected chi connectivity index (χ4v) is 7.85. The number of hydrogen-bond donors (Lipinski definition) is 1. The van der Waals surface area contributed by atoms with E-state index < -0.39 is 0 Å². The number of carbonyl (C=O) groups is 1. The van der Waals surface area contributed by atoms with Crippen LogP contribution in [-0.4, -0.2) is 26.4 Å². The summed E-state index contributed by atoms with van der Waals surface area (Å²) in [5.74, 6) is 4.17. The topological polar surface area (TPSA) is 59.8 Å². The summed E-state index contributed by atoms with van der Waals surface area (Å²) in [6, 6.07) is 6.10. The minimum atomic E-state index is -0.0178. The first-order valence-corrected chi connectivity index (χ1v) is 12.9. The maximum absolute atomic E-state index is 12.6. The van der Waals surface area contributed by atoms with Crippen LogP contribution in [0.2, 0.25) is 0 Å². The molecule has 1 N–H and O–H groups in total. The van der Waals surface area contributed by atoms with Gasteiger partial charge in [-0.3, -0.25) is 4.79 Å². The van der Waals surface area contributed by atoms with Crippen molar-refractivity contribution in [2.75, 3.05) is 11.1 Å². The number of anilines is 1. The Morgan fingerprint density at radius 2 is 1.75 bits per heavy atom. The minimum absolute atomic E-state index is 0.0178. The Labute approximate surface area is 195 Å². The van der Waals surface area contributed by atoms with Crippen molar-refractivity contribution in [1.29, 1.82) is 0 Å². The van der Waals surface area contributed by atoms with Gasteiger partial charge in [0.15, 0.2) is 5.16 Å². The van der Waals surface area contributed by atoms with Crippen molar-refractivity contribution in [3.05, 3.63) is 47.8 Å². The third-order valence-electron chi connectivity index (χ3n) is 7.64. The van der Waals surface area contributed by atoms with Gasteiger partial charge < -0.3 is 9.88 Å². The Kier molecular flexibility index (Phi) is 5.91. The second kappa shape index (κ2) is 8.69. The summed E-state index contributed by atoms with van der Waals surface area (Å²) >= 11 is 1.47. The van der Waals surface area contributed by atoms with E-state index in [1.165, 1.54) is 50.3 Å². The number of carbonyl (C=O) groups excluding carboxylic acids is 1. The Hall–Kier alpha value is -2.08. The van der Waals surface area contributed by atoms with Gasteiger partial charge in [0.1, 0.15) is 5.82 Å². The van der Waals surface area contributed by atoms with Crippen LogP contribution < -0.4 is 5.32 Å². The number of allylic oxidation sites excluding steroid dienone is 1. The van der Waals surface area contributed by atoms with Crippen molar-refractivity contribution in [2.24, 2.45) is 23.2 Å². The third kappa shape index (κ3) is 4.52. The molecule has 0 radical (unpaired) electrons. The molecule has 4 bridgehead atoms. The number of amides is 1. The van der Waals surface area contributed by atoms with Gasteiger partial charge in [0.25, 0.3) is 0 Å². The summed E-state index contributed by atoms with van der Waals surface area (Å²) in [6.45, 7) is 8.72. The number of nitrogens with one attached hydrogen (secondary N) is 1. The molecular weight excluding hydrogens is 416 g/mol. The normalized spacial score (nSPS) is 28.1. The summed E-state index contributed by atoms with van der Waals surface area (Å²) in [7, 11) is 0. The first-order valence-electron chi connectivity index (χ1n) is 12.0. The fourth-order valence-electron chi connectivity index (χ4n) is 7.08. The average molecular weight is 451 g/mol. The highest BCUT2D eigenvalue weighted by Gasteiger charge is 2.51. The molecule has 0 atom stereocenters. The molecule has 170 valence electrons. The van der Waals surface area contributed by atoms with Crippen LogP contribution in [0.15, 0.2) is 36.0 Å². The van der Waals surface area contributed by atoms with E-state index in [1.807, 2.05) is 32.1 Å². The molecule has 4 saturated carbocycles. The zero-order chi connectivity index (χ0) is 22.3. The number of hydrogen-bond acceptors (Lipinski definition) is 4. The number of aromatic nitrogens is 3. The maximum Gasteiger partial charge on any atom is 0.234 e. The predicted octanol–water partition coefficient (Wildman–Crippen LogP) is 5.57. The van der Waals surface area contributed by atoms with Crippen LogP contribution in [-0.2, 0) is 17.8 Å². The molecule has 32 heavy (non-hydrogen) atoms. The molecule has 6 rings (SSSR count). The lowest BCUT2D eigenvalue weighted by atomic mass is 9.49. The first-order chi connectivity index (χ1) is 15.4. The molecule has 1 heterocycles. The van der Waals surface area contributed by atoms with Gasteiger partial charge in [-0.25, -0.2) is 0 Å². The zero-order valence-electron chi connectivity index (χ0n) is 19.3. The highest BCUT2D eigenvalue weighted by Crippen LogP contribution is 2.61. The molecule has 2 aromatic rings. The lowest BCUT2D eigenvalue weighted by Gasteiger charge is -2.56. The summed E-state index contributed by atoms with van der Waals surface area (Å²) < 4.78 is 2.18. The third-order valence-corrected chi connectivity index (χ3v) is 8.61. The van der Waals surface area contributed by atoms with Gasteiger partial charge in [-0.15, -0.1) is 16.8 Å². The molecule has 5 nitrogen and oxygen atoms in total. The van der Waals surface area contributed by atoms with Crippen LogP contribution in [0.1, 0.15) is 55.5 Å². The number of rotatable bonds is 8. The number of benzene rings is 1. The van der Waals surface area contributed by atoms with E-state index >= 15 is 0 Å². The van der Waals surface area contributed by atoms with Gasteiger partial charge in [-0.2, -0.15) is 0 Å². The number of aryl methyl sites for hydroxylation is 2. The molecule has 0 unspecified atom stereocenters. The molecule has 0 aliphatic heterocycles. The number of nitrogens with zero attached hydrogens (tertiary/aromatic N) is 3. The lowest BCUT2D eigenvalue weighted by molar-refractivity contribution is -0.113. The quantitative estimate of drug-likeness (QED) is 0.422. The van der Waals surface area contributed by atoms with Gasteiger partial charge in [-0.1, -0.05) is 23.9 Å². The lowest BCUT2D eigenvalue weighted by Crippen LogP contribution is -2.47. The zero-order valence-corrected chi connectivity index (χ0v) is 20.1. The van der Waals surface area contributed by atoms with Crippen molar-refractivity contribution in [2.45, 2.75) is 70.5 Å². The van der Waals surface area contributed by atoms with Gasteiger partial charge in [0.2, 0.25) is 5.91 Å². The monoisotopic (exact) mass is 450 g/mol. The minimum Gasteiger partial charge on any atom is -0.325 e. The summed E-state index contributed by atoms with van der Waals surface area (Å²) in [5, 5.41) is 12.9. The molecule has 0 spiro atoms. The van der Waals surface area contributed by atoms with Crippen LogP contribution in [0.3, 0.4) is 0 Å². The average Bonchev–Trinajstić information content (AvgIpc) is 3.05. The standard InChI is InChI=1S/C26H34N4OS/c1-4-5-30-23(15-26-12-19-9-20(13-26)11-21(10-19)14-26)28-29-25(30)32-16-24(31)27-22-7-17(2)6-18(3)8-22/h4,6-8,19-21H,1,5,9-16H2,2-3H3,(H,27,31). The Morgan fingerprint density at radius 1 is 1.12 bits per heavy atom. The predicted molar refractivity (Wildman–Crippen MR) is 130 cm³/mol. The van der Waals surface area contributed by atoms with Gasteiger partial charge in [-0.05, 0) is 98.8 Å². The van der Waals surface area contributed by atoms with Crippen molar-refractivity contribution >= 4 is 23.4 Å². The second-order valence-corrected chi connectivity index (χ2v) is 11.5. The summed E-state index contributed by atoms with van der Waals surface area (Å²) in [6.07, 6.45) is 11.4. The molecule has 4 fully saturated rings. The summed E-state index contributed by atoms with van der Waals surface area (Å²) in [4.78, 5) is 12.6. The first kappa shape index (κ1) is 21.7. The Morgan fingerprint density at radius 3 is 2.34 bits per heavy atom. The van der Waals surface area contributed by atoms with Crippen molar-refractivity contribution in [1.82, 2.24) is 14.8 Å². The Bertz CT molecular complexity index is 971. The van der Waals surface area contributed by atoms with Crippen LogP contribution in [0.5, 0.6) is 0 Å². The molecule has 4 aliphatic carbocycles. The van der Waals surface area contributed by atoms with Crippen molar-refractivity contribution in [3.63, 3.8) is 0 Å². The molecule has 0 saturated heterocycles. The SMILES string of the molecule is C=CCn1c(CC23CC4CC(CC(C4)C2)C3)nnc1SCC(=O)Nc1cc(C)cc(C)c1. The highest BCUT2D eigenvalue weighted by molar-refractivity contribution is 7.99. The number of thioether (sulfide) groups is 1. The molecule has 6 heteroatoms. The van der Waals surface area contributed by atoms with Crippen molar-refractivity contribution < 1.29 is 4.79 Å². The smallest absolute Gasteiger partial charge is 0.234 e. The highest BCUT2D eigenvalue weighted by atomic mass is 32.2. The van der Waals surface area contributed by atoms with Crippen LogP contribution >= 0.6 is 11.8 Å². The van der Waals surface area contributed by atoms with E-state index in [0.29, 0.717) is 17.7 Å². The van der Waals surface area contributed by atoms with Gasteiger partial charge in [0.05, 0.1) is 5.75 Å². The van der Waals surface area contributed by atoms with E-state index in [4.69, 9.17) is 0 Å². The maximum atomic E-state index is 12.6. The van der Waals surface area contributed by atoms with Crippen LogP contribution in [0.25, 0.3) is 0 Å². The second-order valence-electron chi connectivity index (χ2n) is 10.6. The van der Waals surface area contributed by atoms with E-state index in [0.717, 1.165) is 52.0 Å². The van der Waals surface area contributed by atoms with E-state index in [-0.39, 0.29) is 5.91 Å². The molecule has 4 aliphatic rings. The fraction of sp³-hybridized carbons (Fsp3) is 0.577. The molecular formula is C26H34N4OS. The largest absolute Gasteiger partial charge is 0.325 e.